The number of aliphatic hydroxyl groups excluding tert-OH is 2. The average molecular weight is 828 g/mol. The predicted molar refractivity (Wildman–Crippen MR) is 255 cm³/mol. The van der Waals surface area contributed by atoms with Crippen molar-refractivity contribution in [1.82, 2.24) is 5.32 Å². The maximum absolute atomic E-state index is 13.2. The predicted octanol–water partition coefficient (Wildman–Crippen LogP) is 15.1. The Kier molecular flexibility index (Phi) is 45.1. The molecule has 0 aromatic heterocycles. The van der Waals surface area contributed by atoms with E-state index < -0.39 is 18.2 Å². The summed E-state index contributed by atoms with van der Waals surface area (Å²) in [6.45, 7) is 6.35. The van der Waals surface area contributed by atoms with E-state index in [4.69, 9.17) is 4.74 Å². The molecule has 6 nitrogen and oxygen atoms in total. The van der Waals surface area contributed by atoms with Crippen LogP contribution in [0.3, 0.4) is 0 Å². The number of esters is 1. The summed E-state index contributed by atoms with van der Waals surface area (Å²) in [7, 11) is 0. The van der Waals surface area contributed by atoms with Crippen molar-refractivity contribution in [3.05, 3.63) is 48.6 Å². The Labute approximate surface area is 366 Å². The normalized spacial score (nSPS) is 13.6. The van der Waals surface area contributed by atoms with Crippen molar-refractivity contribution < 1.29 is 24.5 Å². The van der Waals surface area contributed by atoms with Crippen molar-refractivity contribution in [3.63, 3.8) is 0 Å². The molecule has 0 fully saturated rings. The van der Waals surface area contributed by atoms with Crippen LogP contribution in [-0.4, -0.2) is 46.9 Å². The third-order valence-electron chi connectivity index (χ3n) is 11.4. The zero-order valence-electron chi connectivity index (χ0n) is 39.1. The molecule has 0 aliphatic heterocycles. The van der Waals surface area contributed by atoms with Crippen LogP contribution in [0.4, 0.5) is 0 Å². The molecule has 0 heterocycles. The molecule has 3 N–H and O–H groups in total. The zero-order chi connectivity index (χ0) is 43.1. The van der Waals surface area contributed by atoms with Gasteiger partial charge in [-0.1, -0.05) is 204 Å². The molecule has 3 atom stereocenters. The monoisotopic (exact) mass is 828 g/mol. The average Bonchev–Trinajstić information content (AvgIpc) is 3.23. The van der Waals surface area contributed by atoms with Crippen LogP contribution < -0.4 is 5.32 Å². The highest BCUT2D eigenvalue weighted by Gasteiger charge is 2.24. The van der Waals surface area contributed by atoms with Gasteiger partial charge in [0.15, 0.2) is 0 Å². The number of aliphatic hydroxyl groups is 2. The molecule has 1 amide bonds. The fraction of sp³-hybridized carbons (Fsp3) is 0.811. The van der Waals surface area contributed by atoms with Crippen LogP contribution in [0.15, 0.2) is 48.6 Å². The topological polar surface area (TPSA) is 95.9 Å². The van der Waals surface area contributed by atoms with E-state index in [9.17, 15) is 19.8 Å². The van der Waals surface area contributed by atoms with Crippen LogP contribution in [0.1, 0.15) is 252 Å². The summed E-state index contributed by atoms with van der Waals surface area (Å²) in [5.41, 5.74) is 0. The second-order valence-electron chi connectivity index (χ2n) is 17.2. The summed E-state index contributed by atoms with van der Waals surface area (Å²) >= 11 is 0. The zero-order valence-corrected chi connectivity index (χ0v) is 39.1. The van der Waals surface area contributed by atoms with E-state index in [0.29, 0.717) is 19.3 Å². The van der Waals surface area contributed by atoms with Crippen molar-refractivity contribution >= 4 is 11.9 Å². The quantitative estimate of drug-likeness (QED) is 0.0323. The number of allylic oxidation sites excluding steroid dienone is 8. The molecule has 0 spiro atoms. The summed E-state index contributed by atoms with van der Waals surface area (Å²) in [6.07, 6.45) is 56.0. The van der Waals surface area contributed by atoms with E-state index in [1.54, 1.807) is 0 Å². The SMILES string of the molecule is CC/C=C/C/C=C/C/C=C/CCCCCCCCC(=O)OC(CCCCCCC/C=C/CCCCCCCC)CC(=O)NC(CO)C(O)CCCCCCCCCCC. The minimum atomic E-state index is -0.790. The van der Waals surface area contributed by atoms with E-state index in [-0.39, 0.29) is 24.9 Å². The summed E-state index contributed by atoms with van der Waals surface area (Å²) in [4.78, 5) is 26.1. The van der Waals surface area contributed by atoms with Crippen LogP contribution in [0.5, 0.6) is 0 Å². The number of carbonyl (C=O) groups excluding carboxylic acids is 2. The molecule has 0 rings (SSSR count). The largest absolute Gasteiger partial charge is 0.462 e. The number of hydrogen-bond donors (Lipinski definition) is 3. The Bertz CT molecular complexity index is 1020. The third kappa shape index (κ3) is 42.3. The molecule has 0 saturated heterocycles. The standard InChI is InChI=1S/C53H97NO5/c1-4-7-10-13-16-19-21-23-25-27-29-31-34-37-40-43-46-53(58)59-49(44-41-38-35-33-30-28-26-24-22-20-17-14-11-8-5-2)47-52(57)54-50(48-55)51(56)45-42-39-36-32-18-15-12-9-6-3/h7,10,16,19,23-26,49-51,55-56H,4-6,8-9,11-15,17-18,20-22,27-48H2,1-3H3,(H,54,57)/b10-7+,19-16+,25-23+,26-24+. The first kappa shape index (κ1) is 56.8. The van der Waals surface area contributed by atoms with E-state index in [2.05, 4.69) is 74.7 Å². The first-order valence-electron chi connectivity index (χ1n) is 25.4. The Morgan fingerprint density at radius 1 is 0.508 bits per heavy atom. The van der Waals surface area contributed by atoms with Gasteiger partial charge < -0.3 is 20.3 Å². The first-order chi connectivity index (χ1) is 29.0. The summed E-state index contributed by atoms with van der Waals surface area (Å²) in [5, 5.41) is 23.7. The van der Waals surface area contributed by atoms with Crippen molar-refractivity contribution in [2.45, 2.75) is 270 Å². The minimum absolute atomic E-state index is 0.0669. The van der Waals surface area contributed by atoms with Crippen LogP contribution in [0, 0.1) is 0 Å². The van der Waals surface area contributed by atoms with Crippen molar-refractivity contribution in [3.8, 4) is 0 Å². The highest BCUT2D eigenvalue weighted by atomic mass is 16.5. The Hall–Kier alpha value is -2.18. The van der Waals surface area contributed by atoms with Gasteiger partial charge in [0.05, 0.1) is 25.2 Å². The van der Waals surface area contributed by atoms with E-state index >= 15 is 0 Å². The lowest BCUT2D eigenvalue weighted by molar-refractivity contribution is -0.151. The smallest absolute Gasteiger partial charge is 0.306 e. The van der Waals surface area contributed by atoms with Crippen LogP contribution in [0.25, 0.3) is 0 Å². The molecular weight excluding hydrogens is 731 g/mol. The van der Waals surface area contributed by atoms with E-state index in [1.165, 1.54) is 116 Å². The Balaban J connectivity index is 4.60. The molecule has 3 unspecified atom stereocenters. The molecule has 0 aromatic rings. The molecule has 344 valence electrons. The summed E-state index contributed by atoms with van der Waals surface area (Å²) in [5.74, 6) is -0.493. The molecule has 6 heteroatoms. The second-order valence-corrected chi connectivity index (χ2v) is 17.2. The number of unbranched alkanes of at least 4 members (excludes halogenated alkanes) is 25. The molecule has 59 heavy (non-hydrogen) atoms. The van der Waals surface area contributed by atoms with Gasteiger partial charge in [-0.15, -0.1) is 0 Å². The molecule has 0 radical (unpaired) electrons. The number of hydrogen-bond acceptors (Lipinski definition) is 5. The highest BCUT2D eigenvalue weighted by molar-refractivity contribution is 5.77. The lowest BCUT2D eigenvalue weighted by Crippen LogP contribution is -2.46. The van der Waals surface area contributed by atoms with Gasteiger partial charge in [0, 0.05) is 6.42 Å². The summed E-state index contributed by atoms with van der Waals surface area (Å²) < 4.78 is 5.92. The van der Waals surface area contributed by atoms with Crippen molar-refractivity contribution in [2.24, 2.45) is 0 Å². The third-order valence-corrected chi connectivity index (χ3v) is 11.4. The van der Waals surface area contributed by atoms with Gasteiger partial charge in [-0.05, 0) is 83.5 Å². The lowest BCUT2D eigenvalue weighted by Gasteiger charge is -2.24. The Morgan fingerprint density at radius 3 is 1.41 bits per heavy atom. The number of rotatable bonds is 45. The number of carbonyl (C=O) groups is 2. The van der Waals surface area contributed by atoms with Crippen LogP contribution in [0.2, 0.25) is 0 Å². The highest BCUT2D eigenvalue weighted by Crippen LogP contribution is 2.17. The van der Waals surface area contributed by atoms with Gasteiger partial charge in [-0.25, -0.2) is 0 Å². The fourth-order valence-corrected chi connectivity index (χ4v) is 7.56. The maximum Gasteiger partial charge on any atom is 0.306 e. The number of nitrogens with one attached hydrogen (secondary N) is 1. The van der Waals surface area contributed by atoms with Crippen molar-refractivity contribution in [1.29, 1.82) is 0 Å². The molecule has 0 aliphatic carbocycles. The van der Waals surface area contributed by atoms with E-state index in [0.717, 1.165) is 89.9 Å². The molecular formula is C53H97NO5. The van der Waals surface area contributed by atoms with E-state index in [1.807, 2.05) is 0 Å². The molecule has 0 aromatic carbocycles. The van der Waals surface area contributed by atoms with Gasteiger partial charge >= 0.3 is 5.97 Å². The molecule has 0 bridgehead atoms. The second kappa shape index (κ2) is 46.9. The summed E-state index contributed by atoms with van der Waals surface area (Å²) in [6, 6.07) is -0.705. The number of ether oxygens (including phenoxy) is 1. The van der Waals surface area contributed by atoms with Crippen LogP contribution >= 0.6 is 0 Å². The minimum Gasteiger partial charge on any atom is -0.462 e. The number of amides is 1. The van der Waals surface area contributed by atoms with Gasteiger partial charge in [0.25, 0.3) is 0 Å². The fourth-order valence-electron chi connectivity index (χ4n) is 7.56. The van der Waals surface area contributed by atoms with Gasteiger partial charge in [-0.2, -0.15) is 0 Å². The molecule has 0 aliphatic rings. The van der Waals surface area contributed by atoms with Gasteiger partial charge in [-0.3, -0.25) is 9.59 Å². The first-order valence-corrected chi connectivity index (χ1v) is 25.4. The van der Waals surface area contributed by atoms with Crippen LogP contribution in [-0.2, 0) is 14.3 Å². The maximum atomic E-state index is 13.2. The van der Waals surface area contributed by atoms with Gasteiger partial charge in [0.2, 0.25) is 5.91 Å². The lowest BCUT2D eigenvalue weighted by atomic mass is 10.0. The Morgan fingerprint density at radius 2 is 0.915 bits per heavy atom. The van der Waals surface area contributed by atoms with Crippen molar-refractivity contribution in [2.75, 3.05) is 6.61 Å². The van der Waals surface area contributed by atoms with Gasteiger partial charge in [0.1, 0.15) is 6.10 Å². The molecule has 0 saturated carbocycles.